The van der Waals surface area contributed by atoms with Crippen molar-refractivity contribution in [1.82, 2.24) is 0 Å². The lowest BCUT2D eigenvalue weighted by molar-refractivity contribution is -0.149. The van der Waals surface area contributed by atoms with Crippen LogP contribution in [0.15, 0.2) is 11.6 Å². The number of allylic oxidation sites excluding steroid dienone is 1. The zero-order valence-electron chi connectivity index (χ0n) is 10.3. The highest BCUT2D eigenvalue weighted by Gasteiger charge is 2.34. The summed E-state index contributed by atoms with van der Waals surface area (Å²) in [5.41, 5.74) is 0.855. The molecular weight excluding hydrogens is 204 g/mol. The molecule has 0 N–H and O–H groups in total. The fourth-order valence-electron chi connectivity index (χ4n) is 2.40. The normalized spacial score (nSPS) is 25.2. The molecule has 0 spiro atoms. The number of ether oxygens (including phenoxy) is 1. The molecule has 0 heterocycles. The summed E-state index contributed by atoms with van der Waals surface area (Å²) in [4.78, 5) is 23.3. The van der Waals surface area contributed by atoms with Crippen molar-refractivity contribution in [1.29, 1.82) is 0 Å². The highest BCUT2D eigenvalue weighted by atomic mass is 16.5. The van der Waals surface area contributed by atoms with E-state index in [9.17, 15) is 9.59 Å². The van der Waals surface area contributed by atoms with Crippen LogP contribution < -0.4 is 0 Å². The van der Waals surface area contributed by atoms with Crippen LogP contribution in [0.25, 0.3) is 0 Å². The van der Waals surface area contributed by atoms with Crippen LogP contribution in [0.5, 0.6) is 0 Å². The van der Waals surface area contributed by atoms with Gasteiger partial charge in [-0.1, -0.05) is 18.9 Å². The maximum atomic E-state index is 11.8. The van der Waals surface area contributed by atoms with Gasteiger partial charge < -0.3 is 4.74 Å². The molecule has 0 bridgehead atoms. The van der Waals surface area contributed by atoms with Crippen LogP contribution in [0.2, 0.25) is 0 Å². The van der Waals surface area contributed by atoms with Crippen LogP contribution in [0.1, 0.15) is 40.0 Å². The van der Waals surface area contributed by atoms with Crippen LogP contribution in [0.3, 0.4) is 0 Å². The molecule has 3 nitrogen and oxygen atoms in total. The Morgan fingerprint density at radius 2 is 2.19 bits per heavy atom. The maximum absolute atomic E-state index is 11.8. The third-order valence-corrected chi connectivity index (χ3v) is 3.01. The Kier molecular flexibility index (Phi) is 4.71. The lowest BCUT2D eigenvalue weighted by Crippen LogP contribution is -2.31. The third kappa shape index (κ3) is 2.94. The minimum absolute atomic E-state index is 0.126. The standard InChI is InChI=1S/C13H20O3/c1-4-6-10-8-11(14)7-9(3)12(10)13(15)16-5-2/h7,10,12H,4-6,8H2,1-3H3. The Bertz CT molecular complexity index is 304. The zero-order chi connectivity index (χ0) is 12.1. The highest BCUT2D eigenvalue weighted by Crippen LogP contribution is 2.33. The highest BCUT2D eigenvalue weighted by molar-refractivity contribution is 5.94. The Labute approximate surface area is 96.9 Å². The van der Waals surface area contributed by atoms with Crippen LogP contribution in [-0.4, -0.2) is 18.4 Å². The molecule has 2 atom stereocenters. The summed E-state index contributed by atoms with van der Waals surface area (Å²) >= 11 is 0. The predicted molar refractivity (Wildman–Crippen MR) is 61.9 cm³/mol. The van der Waals surface area contributed by atoms with Crippen molar-refractivity contribution >= 4 is 11.8 Å². The van der Waals surface area contributed by atoms with Gasteiger partial charge in [-0.05, 0) is 32.3 Å². The van der Waals surface area contributed by atoms with E-state index >= 15 is 0 Å². The molecule has 16 heavy (non-hydrogen) atoms. The molecule has 0 amide bonds. The second-order valence-corrected chi connectivity index (χ2v) is 4.34. The van der Waals surface area contributed by atoms with Gasteiger partial charge in [0.2, 0.25) is 0 Å². The Morgan fingerprint density at radius 3 is 2.75 bits per heavy atom. The minimum atomic E-state index is -0.211. The van der Waals surface area contributed by atoms with Crippen molar-refractivity contribution in [3.63, 3.8) is 0 Å². The van der Waals surface area contributed by atoms with Crippen LogP contribution in [0, 0.1) is 11.8 Å². The van der Waals surface area contributed by atoms with Gasteiger partial charge in [-0.3, -0.25) is 9.59 Å². The topological polar surface area (TPSA) is 43.4 Å². The van der Waals surface area contributed by atoms with Gasteiger partial charge in [0, 0.05) is 6.42 Å². The summed E-state index contributed by atoms with van der Waals surface area (Å²) in [5.74, 6) is -0.127. The molecule has 0 saturated heterocycles. The van der Waals surface area contributed by atoms with Crippen molar-refractivity contribution in [2.75, 3.05) is 6.61 Å². The Hall–Kier alpha value is -1.12. The SMILES string of the molecule is CCCC1CC(=O)C=C(C)C1C(=O)OCC. The van der Waals surface area contributed by atoms with E-state index in [0.29, 0.717) is 13.0 Å². The van der Waals surface area contributed by atoms with Gasteiger partial charge in [0.05, 0.1) is 12.5 Å². The first kappa shape index (κ1) is 12.9. The number of carbonyl (C=O) groups is 2. The van der Waals surface area contributed by atoms with Crippen molar-refractivity contribution in [3.8, 4) is 0 Å². The number of hydrogen-bond donors (Lipinski definition) is 0. The summed E-state index contributed by atoms with van der Waals surface area (Å²) in [7, 11) is 0. The molecule has 0 saturated carbocycles. The fraction of sp³-hybridized carbons (Fsp3) is 0.692. The maximum Gasteiger partial charge on any atom is 0.313 e. The molecule has 0 aromatic heterocycles. The van der Waals surface area contributed by atoms with Crippen molar-refractivity contribution in [2.45, 2.75) is 40.0 Å². The van der Waals surface area contributed by atoms with E-state index in [4.69, 9.17) is 4.74 Å². The second kappa shape index (κ2) is 5.83. The number of esters is 1. The summed E-state index contributed by atoms with van der Waals surface area (Å²) in [6.07, 6.45) is 3.96. The Balaban J connectivity index is 2.85. The summed E-state index contributed by atoms with van der Waals surface area (Å²) in [6, 6.07) is 0. The van der Waals surface area contributed by atoms with E-state index in [-0.39, 0.29) is 23.6 Å². The number of rotatable bonds is 4. The van der Waals surface area contributed by atoms with E-state index in [1.54, 1.807) is 13.0 Å². The van der Waals surface area contributed by atoms with E-state index in [0.717, 1.165) is 18.4 Å². The Morgan fingerprint density at radius 1 is 1.50 bits per heavy atom. The predicted octanol–water partition coefficient (Wildman–Crippen LogP) is 2.50. The second-order valence-electron chi connectivity index (χ2n) is 4.34. The molecule has 0 aromatic carbocycles. The monoisotopic (exact) mass is 224 g/mol. The van der Waals surface area contributed by atoms with Crippen LogP contribution in [0.4, 0.5) is 0 Å². The lowest BCUT2D eigenvalue weighted by atomic mass is 9.76. The molecule has 0 aliphatic heterocycles. The molecule has 1 aliphatic rings. The van der Waals surface area contributed by atoms with Gasteiger partial charge in [0.25, 0.3) is 0 Å². The van der Waals surface area contributed by atoms with Gasteiger partial charge in [-0.25, -0.2) is 0 Å². The first-order valence-corrected chi connectivity index (χ1v) is 5.97. The van der Waals surface area contributed by atoms with E-state index in [1.165, 1.54) is 0 Å². The van der Waals surface area contributed by atoms with E-state index in [2.05, 4.69) is 6.92 Å². The summed E-state index contributed by atoms with van der Waals surface area (Å²) in [6.45, 7) is 6.12. The number of hydrogen-bond acceptors (Lipinski definition) is 3. The summed E-state index contributed by atoms with van der Waals surface area (Å²) < 4.78 is 5.07. The first-order chi connectivity index (χ1) is 7.60. The fourth-order valence-corrected chi connectivity index (χ4v) is 2.40. The van der Waals surface area contributed by atoms with Gasteiger partial charge in [0.15, 0.2) is 5.78 Å². The summed E-state index contributed by atoms with van der Waals surface area (Å²) in [5, 5.41) is 0. The zero-order valence-corrected chi connectivity index (χ0v) is 10.3. The quantitative estimate of drug-likeness (QED) is 0.689. The average molecular weight is 224 g/mol. The van der Waals surface area contributed by atoms with Gasteiger partial charge in [0.1, 0.15) is 0 Å². The van der Waals surface area contributed by atoms with E-state index in [1.807, 2.05) is 6.92 Å². The van der Waals surface area contributed by atoms with Crippen LogP contribution in [-0.2, 0) is 14.3 Å². The largest absolute Gasteiger partial charge is 0.466 e. The smallest absolute Gasteiger partial charge is 0.313 e. The van der Waals surface area contributed by atoms with Gasteiger partial charge in [-0.2, -0.15) is 0 Å². The first-order valence-electron chi connectivity index (χ1n) is 5.97. The molecular formula is C13H20O3. The number of ketones is 1. The van der Waals surface area contributed by atoms with Crippen molar-refractivity contribution in [3.05, 3.63) is 11.6 Å². The van der Waals surface area contributed by atoms with Crippen molar-refractivity contribution < 1.29 is 14.3 Å². The van der Waals surface area contributed by atoms with Gasteiger partial charge in [-0.15, -0.1) is 0 Å². The minimum Gasteiger partial charge on any atom is -0.466 e. The molecule has 0 fully saturated rings. The molecule has 2 unspecified atom stereocenters. The molecule has 3 heteroatoms. The molecule has 0 radical (unpaired) electrons. The molecule has 0 aromatic rings. The average Bonchev–Trinajstić information content (AvgIpc) is 2.17. The lowest BCUT2D eigenvalue weighted by Gasteiger charge is -2.28. The van der Waals surface area contributed by atoms with E-state index < -0.39 is 0 Å². The molecule has 1 rings (SSSR count). The molecule has 1 aliphatic carbocycles. The van der Waals surface area contributed by atoms with Gasteiger partial charge >= 0.3 is 5.97 Å². The molecule has 90 valence electrons. The van der Waals surface area contributed by atoms with Crippen LogP contribution >= 0.6 is 0 Å². The third-order valence-electron chi connectivity index (χ3n) is 3.01. The van der Waals surface area contributed by atoms with Crippen molar-refractivity contribution in [2.24, 2.45) is 11.8 Å². The number of carbonyl (C=O) groups excluding carboxylic acids is 2.